The van der Waals surface area contributed by atoms with Gasteiger partial charge in [-0.15, -0.1) is 11.3 Å². The van der Waals surface area contributed by atoms with Crippen LogP contribution in [0.4, 0.5) is 0 Å². The molecule has 0 radical (unpaired) electrons. The molecule has 0 aliphatic heterocycles. The fourth-order valence-corrected chi connectivity index (χ4v) is 3.81. The van der Waals surface area contributed by atoms with E-state index in [9.17, 15) is 4.79 Å². The quantitative estimate of drug-likeness (QED) is 0.493. The van der Waals surface area contributed by atoms with Gasteiger partial charge in [0.1, 0.15) is 0 Å². The molecule has 0 aliphatic carbocycles. The van der Waals surface area contributed by atoms with Crippen LogP contribution in [0, 0.1) is 0 Å². The van der Waals surface area contributed by atoms with Crippen molar-refractivity contribution in [1.29, 1.82) is 0 Å². The smallest absolute Gasteiger partial charge is 0.258 e. The number of aryl methyl sites for hydroxylation is 1. The molecule has 0 atom stereocenters. The summed E-state index contributed by atoms with van der Waals surface area (Å²) in [6.07, 6.45) is 5.94. The molecule has 7 nitrogen and oxygen atoms in total. The first-order chi connectivity index (χ1) is 13.8. The standard InChI is InChI=1S/C20H19N5O2S/c26-18(6-3-7-19-23-15-4-1-2-5-16(15)28-19)22-13-10-17-24-20(27-25-17)14-8-11-21-12-9-14/h1-2,4-5,8-9,11-12H,3,6-7,10,13H2,(H,22,26). The first kappa shape index (κ1) is 18.2. The highest BCUT2D eigenvalue weighted by Gasteiger charge is 2.09. The van der Waals surface area contributed by atoms with Gasteiger partial charge in [-0.1, -0.05) is 17.3 Å². The Morgan fingerprint density at radius 2 is 1.93 bits per heavy atom. The van der Waals surface area contributed by atoms with Crippen LogP contribution in [-0.2, 0) is 17.6 Å². The van der Waals surface area contributed by atoms with Crippen molar-refractivity contribution in [3.05, 3.63) is 59.6 Å². The molecule has 0 aliphatic rings. The maximum atomic E-state index is 12.0. The number of fused-ring (bicyclic) bond motifs is 1. The van der Waals surface area contributed by atoms with Crippen LogP contribution in [0.3, 0.4) is 0 Å². The Hall–Kier alpha value is -3.13. The average Bonchev–Trinajstić information content (AvgIpc) is 3.35. The number of rotatable bonds is 8. The van der Waals surface area contributed by atoms with Crippen molar-refractivity contribution in [2.45, 2.75) is 25.7 Å². The Bertz CT molecular complexity index is 1030. The van der Waals surface area contributed by atoms with Gasteiger partial charge in [-0.3, -0.25) is 9.78 Å². The number of thiazole rings is 1. The summed E-state index contributed by atoms with van der Waals surface area (Å²) in [6, 6.07) is 11.7. The van der Waals surface area contributed by atoms with Gasteiger partial charge in [-0.25, -0.2) is 4.98 Å². The van der Waals surface area contributed by atoms with Crippen molar-refractivity contribution in [2.24, 2.45) is 0 Å². The summed E-state index contributed by atoms with van der Waals surface area (Å²) >= 11 is 1.69. The number of carbonyl (C=O) groups excluding carboxylic acids is 1. The van der Waals surface area contributed by atoms with Gasteiger partial charge in [-0.05, 0) is 37.1 Å². The van der Waals surface area contributed by atoms with E-state index in [-0.39, 0.29) is 5.91 Å². The second-order valence-electron chi connectivity index (χ2n) is 6.28. The SMILES string of the molecule is O=C(CCCc1nc2ccccc2s1)NCCc1noc(-c2ccncc2)n1. The third kappa shape index (κ3) is 4.58. The van der Waals surface area contributed by atoms with E-state index in [0.717, 1.165) is 28.9 Å². The number of aromatic nitrogens is 4. The largest absolute Gasteiger partial charge is 0.356 e. The van der Waals surface area contributed by atoms with Gasteiger partial charge in [0, 0.05) is 37.3 Å². The average molecular weight is 393 g/mol. The van der Waals surface area contributed by atoms with Gasteiger partial charge in [0.05, 0.1) is 15.2 Å². The summed E-state index contributed by atoms with van der Waals surface area (Å²) < 4.78 is 6.43. The summed E-state index contributed by atoms with van der Waals surface area (Å²) in [7, 11) is 0. The zero-order chi connectivity index (χ0) is 19.2. The highest BCUT2D eigenvalue weighted by atomic mass is 32.1. The molecule has 1 N–H and O–H groups in total. The number of nitrogens with zero attached hydrogens (tertiary/aromatic N) is 4. The molecule has 0 spiro atoms. The highest BCUT2D eigenvalue weighted by molar-refractivity contribution is 7.18. The van der Waals surface area contributed by atoms with Gasteiger partial charge in [0.25, 0.3) is 5.89 Å². The van der Waals surface area contributed by atoms with Crippen molar-refractivity contribution < 1.29 is 9.32 Å². The fraction of sp³-hybridized carbons (Fsp3) is 0.250. The molecule has 3 aromatic heterocycles. The van der Waals surface area contributed by atoms with Gasteiger partial charge in [-0.2, -0.15) is 4.98 Å². The van der Waals surface area contributed by atoms with E-state index in [1.54, 1.807) is 23.7 Å². The van der Waals surface area contributed by atoms with Crippen LogP contribution in [0.5, 0.6) is 0 Å². The van der Waals surface area contributed by atoms with Crippen molar-refractivity contribution in [3.8, 4) is 11.5 Å². The van der Waals surface area contributed by atoms with E-state index < -0.39 is 0 Å². The molecular weight excluding hydrogens is 374 g/mol. The predicted octanol–water partition coefficient (Wildman–Crippen LogP) is 3.42. The molecule has 0 fully saturated rings. The molecule has 0 bridgehead atoms. The Kier molecular flexibility index (Phi) is 5.67. The number of benzene rings is 1. The Morgan fingerprint density at radius 3 is 2.79 bits per heavy atom. The van der Waals surface area contributed by atoms with Crippen LogP contribution in [0.2, 0.25) is 0 Å². The number of carbonyl (C=O) groups is 1. The van der Waals surface area contributed by atoms with Gasteiger partial charge in [0.2, 0.25) is 5.91 Å². The number of nitrogens with one attached hydrogen (secondary N) is 1. The minimum Gasteiger partial charge on any atom is -0.356 e. The lowest BCUT2D eigenvalue weighted by molar-refractivity contribution is -0.121. The monoisotopic (exact) mass is 393 g/mol. The van der Waals surface area contributed by atoms with Crippen molar-refractivity contribution in [2.75, 3.05) is 6.54 Å². The van der Waals surface area contributed by atoms with E-state index in [1.807, 2.05) is 30.3 Å². The molecule has 4 aromatic rings. The molecule has 1 amide bonds. The maximum absolute atomic E-state index is 12.0. The van der Waals surface area contributed by atoms with Crippen molar-refractivity contribution in [1.82, 2.24) is 25.4 Å². The van der Waals surface area contributed by atoms with Crippen molar-refractivity contribution in [3.63, 3.8) is 0 Å². The minimum absolute atomic E-state index is 0.0268. The lowest BCUT2D eigenvalue weighted by atomic mass is 10.2. The number of hydrogen-bond acceptors (Lipinski definition) is 7. The van der Waals surface area contributed by atoms with Gasteiger partial charge < -0.3 is 9.84 Å². The van der Waals surface area contributed by atoms with E-state index in [0.29, 0.717) is 31.1 Å². The molecule has 0 saturated carbocycles. The topological polar surface area (TPSA) is 93.8 Å². The third-order valence-electron chi connectivity index (χ3n) is 4.20. The second-order valence-corrected chi connectivity index (χ2v) is 7.40. The summed E-state index contributed by atoms with van der Waals surface area (Å²) in [5.41, 5.74) is 1.85. The van der Waals surface area contributed by atoms with Crippen LogP contribution in [0.1, 0.15) is 23.7 Å². The lowest BCUT2D eigenvalue weighted by Gasteiger charge is -2.02. The number of pyridine rings is 1. The van der Waals surface area contributed by atoms with Gasteiger partial charge in [0.15, 0.2) is 5.82 Å². The number of amides is 1. The number of para-hydroxylation sites is 1. The van der Waals surface area contributed by atoms with Gasteiger partial charge >= 0.3 is 0 Å². The van der Waals surface area contributed by atoms with Crippen LogP contribution in [0.25, 0.3) is 21.7 Å². The number of hydrogen-bond donors (Lipinski definition) is 1. The van der Waals surface area contributed by atoms with E-state index in [2.05, 4.69) is 31.5 Å². The summed E-state index contributed by atoms with van der Waals surface area (Å²) in [6.45, 7) is 0.481. The Labute approximate surface area is 165 Å². The molecule has 28 heavy (non-hydrogen) atoms. The molecule has 3 heterocycles. The first-order valence-corrected chi connectivity index (χ1v) is 9.94. The van der Waals surface area contributed by atoms with E-state index >= 15 is 0 Å². The third-order valence-corrected chi connectivity index (χ3v) is 5.29. The predicted molar refractivity (Wildman–Crippen MR) is 107 cm³/mol. The Morgan fingerprint density at radius 1 is 1.07 bits per heavy atom. The molecule has 0 saturated heterocycles. The second kappa shape index (κ2) is 8.71. The zero-order valence-corrected chi connectivity index (χ0v) is 16.0. The molecule has 1 aromatic carbocycles. The highest BCUT2D eigenvalue weighted by Crippen LogP contribution is 2.22. The molecule has 142 valence electrons. The Balaban J connectivity index is 1.18. The lowest BCUT2D eigenvalue weighted by Crippen LogP contribution is -2.25. The summed E-state index contributed by atoms with van der Waals surface area (Å²) in [4.78, 5) is 24.9. The van der Waals surface area contributed by atoms with Crippen LogP contribution in [-0.4, -0.2) is 32.6 Å². The minimum atomic E-state index is 0.0268. The molecule has 0 unspecified atom stereocenters. The van der Waals surface area contributed by atoms with Crippen LogP contribution in [0.15, 0.2) is 53.3 Å². The maximum Gasteiger partial charge on any atom is 0.258 e. The fourth-order valence-electron chi connectivity index (χ4n) is 2.80. The zero-order valence-electron chi connectivity index (χ0n) is 15.2. The molecule has 4 rings (SSSR count). The first-order valence-electron chi connectivity index (χ1n) is 9.12. The summed E-state index contributed by atoms with van der Waals surface area (Å²) in [5.74, 6) is 1.06. The van der Waals surface area contributed by atoms with Crippen LogP contribution >= 0.6 is 11.3 Å². The van der Waals surface area contributed by atoms with E-state index in [1.165, 1.54) is 4.70 Å². The van der Waals surface area contributed by atoms with E-state index in [4.69, 9.17) is 4.52 Å². The van der Waals surface area contributed by atoms with Crippen LogP contribution < -0.4 is 5.32 Å². The molecule has 8 heteroatoms. The van der Waals surface area contributed by atoms with Crippen molar-refractivity contribution >= 4 is 27.5 Å². The summed E-state index contributed by atoms with van der Waals surface area (Å²) in [5, 5.41) is 7.93. The molecular formula is C20H19N5O2S. The normalized spacial score (nSPS) is 11.0.